The molecule has 0 spiro atoms. The first kappa shape index (κ1) is 12.0. The molecule has 0 fully saturated rings. The predicted octanol–water partition coefficient (Wildman–Crippen LogP) is 2.28. The Morgan fingerprint density at radius 3 is 2.50 bits per heavy atom. The Morgan fingerprint density at radius 2 is 2.08 bits per heavy atom. The van der Waals surface area contributed by atoms with E-state index in [-0.39, 0.29) is 11.7 Å². The molecule has 0 aromatic carbocycles. The second-order valence-corrected chi connectivity index (χ2v) is 5.53. The molecule has 0 rings (SSSR count). The lowest BCUT2D eigenvalue weighted by atomic mass is 10.2. The zero-order valence-corrected chi connectivity index (χ0v) is 9.41. The van der Waals surface area contributed by atoms with E-state index in [1.165, 1.54) is 17.2 Å². The molecule has 0 saturated heterocycles. The summed E-state index contributed by atoms with van der Waals surface area (Å²) in [5, 5.41) is 2.90. The van der Waals surface area contributed by atoms with Crippen LogP contribution < -0.4 is 0 Å². The third kappa shape index (κ3) is 5.66. The Morgan fingerprint density at radius 1 is 1.50 bits per heavy atom. The van der Waals surface area contributed by atoms with Gasteiger partial charge in [0.15, 0.2) is 9.84 Å². The monoisotopic (exact) mass is 208 g/mol. The molecule has 0 bridgehead atoms. The zero-order valence-electron chi connectivity index (χ0n) is 7.78. The predicted molar refractivity (Wildman–Crippen MR) is 55.9 cm³/mol. The van der Waals surface area contributed by atoms with Crippen molar-refractivity contribution in [2.24, 2.45) is 5.92 Å². The average molecular weight is 208 g/mol. The van der Waals surface area contributed by atoms with Crippen molar-refractivity contribution in [2.75, 3.05) is 12.0 Å². The highest BCUT2D eigenvalue weighted by Crippen LogP contribution is 2.08. The maximum Gasteiger partial charge on any atom is 0.172 e. The second-order valence-electron chi connectivity index (χ2n) is 2.85. The van der Waals surface area contributed by atoms with Crippen LogP contribution in [0.15, 0.2) is 10.8 Å². The number of hydrogen-bond donors (Lipinski definition) is 0. The fraction of sp³-hybridized carbons (Fsp3) is 0.750. The van der Waals surface area contributed by atoms with E-state index in [0.717, 1.165) is 6.42 Å². The lowest BCUT2D eigenvalue weighted by Gasteiger charge is -2.05. The molecule has 72 valence electrons. The molecule has 0 aliphatic rings. The van der Waals surface area contributed by atoms with E-state index in [4.69, 9.17) is 0 Å². The topological polar surface area (TPSA) is 34.1 Å². The maximum atomic E-state index is 11.3. The molecule has 0 unspecified atom stereocenters. The van der Waals surface area contributed by atoms with E-state index < -0.39 is 9.84 Å². The summed E-state index contributed by atoms with van der Waals surface area (Å²) in [5.41, 5.74) is 0. The van der Waals surface area contributed by atoms with Crippen LogP contribution in [-0.2, 0) is 9.84 Å². The van der Waals surface area contributed by atoms with E-state index in [1.807, 2.05) is 20.1 Å². The van der Waals surface area contributed by atoms with E-state index in [2.05, 4.69) is 0 Å². The minimum Gasteiger partial charge on any atom is -0.224 e. The summed E-state index contributed by atoms with van der Waals surface area (Å²) in [4.78, 5) is 0. The Hall–Kier alpha value is 0.0400. The fourth-order valence-electron chi connectivity index (χ4n) is 0.710. The number of hydrogen-bond acceptors (Lipinski definition) is 3. The van der Waals surface area contributed by atoms with Crippen LogP contribution in [0.5, 0.6) is 0 Å². The van der Waals surface area contributed by atoms with Crippen molar-refractivity contribution in [1.82, 2.24) is 0 Å². The third-order valence-corrected chi connectivity index (χ3v) is 3.78. The van der Waals surface area contributed by atoms with Crippen molar-refractivity contribution < 1.29 is 8.42 Å². The quantitative estimate of drug-likeness (QED) is 0.695. The minimum absolute atomic E-state index is 0.251. The van der Waals surface area contributed by atoms with Crippen molar-refractivity contribution in [3.8, 4) is 0 Å². The molecule has 0 radical (unpaired) electrons. The molecule has 0 aliphatic heterocycles. The first-order chi connectivity index (χ1) is 5.52. The van der Waals surface area contributed by atoms with Gasteiger partial charge in [-0.15, -0.1) is 11.8 Å². The Bertz CT molecular complexity index is 229. The normalized spacial score (nSPS) is 15.2. The van der Waals surface area contributed by atoms with Crippen molar-refractivity contribution in [2.45, 2.75) is 20.3 Å². The molecule has 0 aromatic rings. The highest BCUT2D eigenvalue weighted by atomic mass is 32.2. The van der Waals surface area contributed by atoms with Crippen LogP contribution in [-0.4, -0.2) is 20.4 Å². The molecule has 1 atom stereocenters. The van der Waals surface area contributed by atoms with Gasteiger partial charge in [-0.05, 0) is 17.6 Å². The summed E-state index contributed by atoms with van der Waals surface area (Å²) in [6.45, 7) is 3.95. The van der Waals surface area contributed by atoms with Gasteiger partial charge in [-0.3, -0.25) is 0 Å². The van der Waals surface area contributed by atoms with Gasteiger partial charge in [0, 0.05) is 5.41 Å². The molecular weight excluding hydrogens is 192 g/mol. The van der Waals surface area contributed by atoms with Crippen LogP contribution in [0.1, 0.15) is 20.3 Å². The Balaban J connectivity index is 4.14. The third-order valence-electron chi connectivity index (χ3n) is 1.61. The molecule has 0 aliphatic carbocycles. The summed E-state index contributed by atoms with van der Waals surface area (Å²) in [6, 6.07) is 0. The largest absolute Gasteiger partial charge is 0.224 e. The maximum absolute atomic E-state index is 11.3. The molecule has 0 N–H and O–H groups in total. The molecule has 12 heavy (non-hydrogen) atoms. The van der Waals surface area contributed by atoms with Crippen molar-refractivity contribution in [3.05, 3.63) is 10.8 Å². The Labute approximate surface area is 79.4 Å². The highest BCUT2D eigenvalue weighted by molar-refractivity contribution is 8.02. The molecule has 0 amide bonds. The van der Waals surface area contributed by atoms with Gasteiger partial charge in [-0.2, -0.15) is 0 Å². The molecular formula is C8H16O2S2. The smallest absolute Gasteiger partial charge is 0.172 e. The second kappa shape index (κ2) is 5.65. The molecule has 0 saturated carbocycles. The number of thioether (sulfide) groups is 1. The van der Waals surface area contributed by atoms with E-state index >= 15 is 0 Å². The molecule has 2 nitrogen and oxygen atoms in total. The van der Waals surface area contributed by atoms with Gasteiger partial charge in [-0.25, -0.2) is 8.42 Å². The van der Waals surface area contributed by atoms with Crippen molar-refractivity contribution in [1.29, 1.82) is 0 Å². The van der Waals surface area contributed by atoms with E-state index in [1.54, 1.807) is 5.41 Å². The van der Waals surface area contributed by atoms with Gasteiger partial charge in [0.2, 0.25) is 0 Å². The first-order valence-electron chi connectivity index (χ1n) is 3.94. The van der Waals surface area contributed by atoms with Crippen LogP contribution in [0.25, 0.3) is 0 Å². The highest BCUT2D eigenvalue weighted by Gasteiger charge is 2.10. The van der Waals surface area contributed by atoms with Gasteiger partial charge in [0.05, 0.1) is 5.75 Å². The van der Waals surface area contributed by atoms with E-state index in [0.29, 0.717) is 0 Å². The van der Waals surface area contributed by atoms with Gasteiger partial charge < -0.3 is 0 Å². The fourth-order valence-corrected chi connectivity index (χ4v) is 2.97. The van der Waals surface area contributed by atoms with Crippen molar-refractivity contribution in [3.63, 3.8) is 0 Å². The molecule has 4 heteroatoms. The summed E-state index contributed by atoms with van der Waals surface area (Å²) in [5.74, 6) is 0.516. The first-order valence-corrected chi connectivity index (χ1v) is 6.94. The summed E-state index contributed by atoms with van der Waals surface area (Å²) < 4.78 is 22.5. The van der Waals surface area contributed by atoms with Gasteiger partial charge in [0.1, 0.15) is 0 Å². The summed E-state index contributed by atoms with van der Waals surface area (Å²) >= 11 is 1.40. The van der Waals surface area contributed by atoms with Gasteiger partial charge >= 0.3 is 0 Å². The van der Waals surface area contributed by atoms with Gasteiger partial charge in [-0.1, -0.05) is 20.3 Å². The zero-order chi connectivity index (χ0) is 9.61. The van der Waals surface area contributed by atoms with Crippen LogP contribution in [0, 0.1) is 5.92 Å². The van der Waals surface area contributed by atoms with Crippen LogP contribution in [0.4, 0.5) is 0 Å². The number of rotatable bonds is 5. The Kier molecular flexibility index (Phi) is 5.66. The lowest BCUT2D eigenvalue weighted by molar-refractivity contribution is 0.571. The SMILES string of the molecule is CC[C@@H](C)CS(=O)(=O)/C=C/SC. The van der Waals surface area contributed by atoms with Crippen LogP contribution in [0.3, 0.4) is 0 Å². The standard InChI is InChI=1S/C8H16O2S2/c1-4-8(2)7-12(9,10)6-5-11-3/h5-6,8H,4,7H2,1-3H3/b6-5+/t8-/m1/s1. The lowest BCUT2D eigenvalue weighted by Crippen LogP contribution is -2.10. The molecule has 0 aromatic heterocycles. The average Bonchev–Trinajstić information content (AvgIpc) is 2.00. The number of sulfone groups is 1. The summed E-state index contributed by atoms with van der Waals surface area (Å²) in [7, 11) is -2.96. The molecule has 0 heterocycles. The van der Waals surface area contributed by atoms with Gasteiger partial charge in [0.25, 0.3) is 0 Å². The van der Waals surface area contributed by atoms with Crippen molar-refractivity contribution >= 4 is 21.6 Å². The van der Waals surface area contributed by atoms with Crippen LogP contribution in [0.2, 0.25) is 0 Å². The van der Waals surface area contributed by atoms with Crippen LogP contribution >= 0.6 is 11.8 Å². The summed E-state index contributed by atoms with van der Waals surface area (Å²) in [6.07, 6.45) is 2.75. The van der Waals surface area contributed by atoms with E-state index in [9.17, 15) is 8.42 Å². The minimum atomic E-state index is -2.96.